The van der Waals surface area contributed by atoms with Crippen LogP contribution in [0.25, 0.3) is 0 Å². The molecule has 0 bridgehead atoms. The standard InChI is InChI=1S/C18H23O2.ClH.Hg/c1-18-9-8-14-13-5-3-12(19)10-11(13)2-4-15(14)16(18)6-7-17(18)20;;/h3,5,14-17,19-20H,2,4,6-9H2,1H3;1H;/q;;+1/p-1/t14-,15-,16+,17+,18+;;/m1../s1. The summed E-state index contributed by atoms with van der Waals surface area (Å²) in [4.78, 5) is 0. The molecule has 5 atom stereocenters. The minimum absolute atomic E-state index is 0.102. The molecule has 0 unspecified atom stereocenters. The number of aromatic hydroxyl groups is 1. The summed E-state index contributed by atoms with van der Waals surface area (Å²) in [6.45, 7) is 2.32. The molecule has 0 aromatic heterocycles. The van der Waals surface area contributed by atoms with Gasteiger partial charge >= 0.3 is 149 Å². The molecule has 1 aromatic rings. The third kappa shape index (κ3) is 2.13. The Morgan fingerprint density at radius 3 is 2.82 bits per heavy atom. The van der Waals surface area contributed by atoms with Gasteiger partial charge in [-0.3, -0.25) is 0 Å². The summed E-state index contributed by atoms with van der Waals surface area (Å²) in [6, 6.07) is 4.05. The number of fused-ring (bicyclic) bond motifs is 5. The molecule has 3 aliphatic rings. The quantitative estimate of drug-likeness (QED) is 0.572. The van der Waals surface area contributed by atoms with Crippen molar-refractivity contribution in [2.75, 3.05) is 0 Å². The van der Waals surface area contributed by atoms with Crippen LogP contribution in [0.1, 0.15) is 56.1 Å². The molecule has 116 valence electrons. The molecule has 2 N–H and O–H groups in total. The van der Waals surface area contributed by atoms with E-state index >= 15 is 0 Å². The van der Waals surface area contributed by atoms with Crippen molar-refractivity contribution in [3.8, 4) is 5.75 Å². The third-order valence-electron chi connectivity index (χ3n) is 7.09. The van der Waals surface area contributed by atoms with E-state index in [1.165, 1.54) is 30.4 Å². The fourth-order valence-electron chi connectivity index (χ4n) is 5.85. The second kappa shape index (κ2) is 5.63. The molecule has 3 aliphatic carbocycles. The Morgan fingerprint density at radius 1 is 1.23 bits per heavy atom. The van der Waals surface area contributed by atoms with Crippen LogP contribution >= 0.6 is 8.25 Å². The normalized spacial score (nSPS) is 39.6. The fourth-order valence-corrected chi connectivity index (χ4v) is 11.6. The van der Waals surface area contributed by atoms with Gasteiger partial charge in [-0.2, -0.15) is 0 Å². The zero-order valence-electron chi connectivity index (χ0n) is 13.2. The minimum atomic E-state index is -1.62. The zero-order chi connectivity index (χ0) is 15.5. The number of hydrogen-bond acceptors (Lipinski definition) is 2. The monoisotopic (exact) mass is 508 g/mol. The molecule has 0 heterocycles. The Labute approximate surface area is 148 Å². The van der Waals surface area contributed by atoms with Gasteiger partial charge < -0.3 is 0 Å². The van der Waals surface area contributed by atoms with E-state index in [2.05, 4.69) is 13.0 Å². The Morgan fingerprint density at radius 2 is 2.05 bits per heavy atom. The van der Waals surface area contributed by atoms with E-state index in [1.54, 1.807) is 0 Å². The van der Waals surface area contributed by atoms with Crippen molar-refractivity contribution >= 4 is 11.3 Å². The molecule has 2 fully saturated rings. The first-order valence-electron chi connectivity index (χ1n) is 8.64. The number of hydrogen-bond donors (Lipinski definition) is 2. The summed E-state index contributed by atoms with van der Waals surface area (Å²) in [5.74, 6) is 2.47. The summed E-state index contributed by atoms with van der Waals surface area (Å²) in [5, 5.41) is 20.6. The van der Waals surface area contributed by atoms with Crippen LogP contribution in [0.15, 0.2) is 12.1 Å². The van der Waals surface area contributed by atoms with Gasteiger partial charge in [0.25, 0.3) is 0 Å². The molecule has 22 heavy (non-hydrogen) atoms. The van der Waals surface area contributed by atoms with Crippen molar-refractivity contribution in [3.05, 3.63) is 23.3 Å². The molecule has 2 saturated carbocycles. The molecule has 0 spiro atoms. The number of rotatable bonds is 1. The van der Waals surface area contributed by atoms with Gasteiger partial charge in [-0.15, -0.1) is 0 Å². The van der Waals surface area contributed by atoms with Gasteiger partial charge in [0.2, 0.25) is 0 Å². The van der Waals surface area contributed by atoms with Gasteiger partial charge in [0.1, 0.15) is 0 Å². The van der Waals surface area contributed by atoms with Crippen molar-refractivity contribution < 1.29 is 33.6 Å². The number of benzene rings is 1. The topological polar surface area (TPSA) is 40.5 Å². The molecule has 0 saturated heterocycles. The van der Waals surface area contributed by atoms with E-state index < -0.39 is 23.3 Å². The third-order valence-corrected chi connectivity index (χ3v) is 13.5. The maximum absolute atomic E-state index is 10.4. The Kier molecular flexibility index (Phi) is 4.02. The second-order valence-electron chi connectivity index (χ2n) is 7.82. The summed E-state index contributed by atoms with van der Waals surface area (Å²) >= 11 is -1.62. The van der Waals surface area contributed by atoms with E-state index in [4.69, 9.17) is 8.25 Å². The van der Waals surface area contributed by atoms with E-state index in [1.807, 2.05) is 6.07 Å². The number of aliphatic hydroxyl groups is 1. The van der Waals surface area contributed by atoms with Gasteiger partial charge in [0.05, 0.1) is 0 Å². The molecular formula is C18H23ClHgO2. The first kappa shape index (κ1) is 15.7. The van der Waals surface area contributed by atoms with Gasteiger partial charge in [0, 0.05) is 0 Å². The fraction of sp³-hybridized carbons (Fsp3) is 0.667. The molecule has 4 rings (SSSR count). The summed E-state index contributed by atoms with van der Waals surface area (Å²) < 4.78 is 1.16. The predicted molar refractivity (Wildman–Crippen MR) is 84.2 cm³/mol. The van der Waals surface area contributed by atoms with Crippen LogP contribution in [-0.2, 0) is 29.8 Å². The van der Waals surface area contributed by atoms with Crippen LogP contribution in [-0.4, -0.2) is 16.3 Å². The van der Waals surface area contributed by atoms with Crippen molar-refractivity contribution in [1.82, 2.24) is 0 Å². The van der Waals surface area contributed by atoms with Crippen molar-refractivity contribution in [2.45, 2.75) is 57.5 Å². The van der Waals surface area contributed by atoms with E-state index in [0.717, 1.165) is 22.3 Å². The molecule has 2 nitrogen and oxygen atoms in total. The number of phenolic OH excluding ortho intramolecular Hbond substituents is 1. The van der Waals surface area contributed by atoms with Crippen LogP contribution in [0.2, 0.25) is 0 Å². The van der Waals surface area contributed by atoms with Crippen molar-refractivity contribution in [3.63, 3.8) is 0 Å². The van der Waals surface area contributed by atoms with Crippen LogP contribution in [0, 0.1) is 17.3 Å². The van der Waals surface area contributed by atoms with Gasteiger partial charge in [-0.1, -0.05) is 0 Å². The molecular weight excluding hydrogens is 484 g/mol. The molecule has 1 aromatic carbocycles. The average molecular weight is 507 g/mol. The van der Waals surface area contributed by atoms with Gasteiger partial charge in [0.15, 0.2) is 0 Å². The zero-order valence-corrected chi connectivity index (χ0v) is 19.4. The first-order chi connectivity index (χ1) is 10.6. The number of halogens is 1. The Balaban J connectivity index is 1.74. The first-order valence-corrected chi connectivity index (χ1v) is 18.2. The second-order valence-corrected chi connectivity index (χ2v) is 14.0. The molecule has 0 radical (unpaired) electrons. The summed E-state index contributed by atoms with van der Waals surface area (Å²) in [5.41, 5.74) is 3.03. The molecule has 0 aliphatic heterocycles. The number of phenols is 1. The van der Waals surface area contributed by atoms with Crippen LogP contribution < -0.4 is 3.07 Å². The van der Waals surface area contributed by atoms with Crippen LogP contribution in [0.5, 0.6) is 5.75 Å². The van der Waals surface area contributed by atoms with E-state index in [0.29, 0.717) is 23.5 Å². The van der Waals surface area contributed by atoms with Crippen molar-refractivity contribution in [2.24, 2.45) is 17.3 Å². The Hall–Kier alpha value is 0.205. The van der Waals surface area contributed by atoms with Crippen LogP contribution in [0.3, 0.4) is 0 Å². The summed E-state index contributed by atoms with van der Waals surface area (Å²) in [6.07, 6.45) is 6.69. The van der Waals surface area contributed by atoms with Crippen molar-refractivity contribution in [1.29, 1.82) is 0 Å². The Bertz CT molecular complexity index is 605. The predicted octanol–water partition coefficient (Wildman–Crippen LogP) is 3.47. The summed E-state index contributed by atoms with van der Waals surface area (Å²) in [7, 11) is 6.30. The van der Waals surface area contributed by atoms with E-state index in [-0.39, 0.29) is 11.5 Å². The maximum atomic E-state index is 10.4. The van der Waals surface area contributed by atoms with E-state index in [9.17, 15) is 10.2 Å². The van der Waals surface area contributed by atoms with Gasteiger partial charge in [-0.25, -0.2) is 0 Å². The number of aliphatic hydroxyl groups excluding tert-OH is 1. The molecule has 4 heteroatoms. The molecule has 0 amide bonds. The van der Waals surface area contributed by atoms with Crippen LogP contribution in [0.4, 0.5) is 0 Å². The van der Waals surface area contributed by atoms with Gasteiger partial charge in [-0.05, 0) is 0 Å². The SMILES string of the molecule is C[C@]12CC[C@@H]3c4ccc(O)[c]([Hg][Cl])c4CC[C@H]3[C@@H]1CC[C@@H]2O. The average Bonchev–Trinajstić information content (AvgIpc) is 2.82.